The monoisotopic (exact) mass is 366 g/mol. The molecule has 0 radical (unpaired) electrons. The van der Waals surface area contributed by atoms with Gasteiger partial charge in [0.1, 0.15) is 5.82 Å². The van der Waals surface area contributed by atoms with Gasteiger partial charge in [-0.15, -0.1) is 0 Å². The van der Waals surface area contributed by atoms with Crippen LogP contribution in [-0.4, -0.2) is 0 Å². The Morgan fingerprint density at radius 1 is 0.944 bits per heavy atom. The molecule has 0 amide bonds. The lowest BCUT2D eigenvalue weighted by atomic mass is 10.0. The predicted molar refractivity (Wildman–Crippen MR) is 79.5 cm³/mol. The second-order valence-corrected chi connectivity index (χ2v) is 5.45. The number of rotatable bonds is 2. The molecule has 2 aromatic carbocycles. The largest absolute Gasteiger partial charge is 0.207 e. The lowest BCUT2D eigenvalue weighted by Gasteiger charge is -2.07. The zero-order valence-corrected chi connectivity index (χ0v) is 12.8. The fraction of sp³-hybridized carbons (Fsp3) is 0.0769. The van der Waals surface area contributed by atoms with Gasteiger partial charge in [0.2, 0.25) is 0 Å². The Morgan fingerprint density at radius 2 is 1.56 bits per heavy atom. The Hall–Kier alpha value is -0.280. The molecule has 18 heavy (non-hydrogen) atoms. The van der Waals surface area contributed by atoms with Gasteiger partial charge in [-0.25, -0.2) is 4.39 Å². The number of alkyl halides is 1. The molecule has 0 bridgehead atoms. The van der Waals surface area contributed by atoms with E-state index in [9.17, 15) is 4.39 Å². The van der Waals surface area contributed by atoms with Gasteiger partial charge < -0.3 is 0 Å². The number of hydrogen-bond acceptors (Lipinski definition) is 0. The molecule has 94 valence electrons. The average molecular weight is 368 g/mol. The summed E-state index contributed by atoms with van der Waals surface area (Å²) in [6.07, 6.45) is 0. The van der Waals surface area contributed by atoms with E-state index in [1.54, 1.807) is 18.2 Å². The smallest absolute Gasteiger partial charge is 0.127 e. The summed E-state index contributed by atoms with van der Waals surface area (Å²) >= 11 is 21.0. The van der Waals surface area contributed by atoms with Crippen LogP contribution in [0.4, 0.5) is 4.39 Å². The third kappa shape index (κ3) is 2.83. The summed E-state index contributed by atoms with van der Waals surface area (Å²) in [6.45, 7) is 0. The van der Waals surface area contributed by atoms with Crippen LogP contribution in [0.5, 0.6) is 0 Å². The first-order valence-electron chi connectivity index (χ1n) is 5.02. The minimum Gasteiger partial charge on any atom is -0.207 e. The molecule has 0 spiro atoms. The van der Waals surface area contributed by atoms with E-state index in [0.29, 0.717) is 31.5 Å². The zero-order chi connectivity index (χ0) is 13.3. The van der Waals surface area contributed by atoms with Gasteiger partial charge in [0.25, 0.3) is 0 Å². The van der Waals surface area contributed by atoms with Crippen molar-refractivity contribution < 1.29 is 4.39 Å². The fourth-order valence-corrected chi connectivity index (χ4v) is 2.61. The van der Waals surface area contributed by atoms with Crippen molar-refractivity contribution in [3.05, 3.63) is 56.8 Å². The molecule has 0 aliphatic rings. The van der Waals surface area contributed by atoms with E-state index in [-0.39, 0.29) is 5.82 Å². The van der Waals surface area contributed by atoms with Crippen LogP contribution in [0.3, 0.4) is 0 Å². The maximum atomic E-state index is 13.7. The van der Waals surface area contributed by atoms with Gasteiger partial charge in [0.15, 0.2) is 0 Å². The van der Waals surface area contributed by atoms with Gasteiger partial charge in [-0.05, 0) is 34.9 Å². The predicted octanol–water partition coefficient (Wildman–Crippen LogP) is 6.35. The first-order valence-corrected chi connectivity index (χ1v) is 7.27. The second kappa shape index (κ2) is 5.79. The molecule has 0 fully saturated rings. The molecule has 2 rings (SSSR count). The third-order valence-electron chi connectivity index (χ3n) is 2.51. The molecule has 0 saturated heterocycles. The SMILES string of the molecule is Fc1cc(-c2cc(Cl)c(Cl)c(Cl)c2)ccc1CBr. The van der Waals surface area contributed by atoms with E-state index in [1.807, 2.05) is 6.07 Å². The molecule has 0 aliphatic heterocycles. The highest BCUT2D eigenvalue weighted by Crippen LogP contribution is 2.35. The number of benzene rings is 2. The van der Waals surface area contributed by atoms with Crippen LogP contribution in [0.25, 0.3) is 11.1 Å². The van der Waals surface area contributed by atoms with Crippen molar-refractivity contribution in [2.75, 3.05) is 0 Å². The van der Waals surface area contributed by atoms with Gasteiger partial charge in [0.05, 0.1) is 15.1 Å². The summed E-state index contributed by atoms with van der Waals surface area (Å²) in [5.41, 5.74) is 2.04. The summed E-state index contributed by atoms with van der Waals surface area (Å²) < 4.78 is 13.7. The lowest BCUT2D eigenvalue weighted by molar-refractivity contribution is 0.618. The van der Waals surface area contributed by atoms with Crippen molar-refractivity contribution in [2.24, 2.45) is 0 Å². The Balaban J connectivity index is 2.52. The van der Waals surface area contributed by atoms with Crippen LogP contribution < -0.4 is 0 Å². The van der Waals surface area contributed by atoms with Gasteiger partial charge >= 0.3 is 0 Å². The van der Waals surface area contributed by atoms with Crippen LogP contribution in [0.15, 0.2) is 30.3 Å². The van der Waals surface area contributed by atoms with Crippen LogP contribution >= 0.6 is 50.7 Å². The topological polar surface area (TPSA) is 0 Å². The van der Waals surface area contributed by atoms with Crippen molar-refractivity contribution in [1.29, 1.82) is 0 Å². The van der Waals surface area contributed by atoms with Crippen LogP contribution in [0.2, 0.25) is 15.1 Å². The standard InChI is InChI=1S/C13H7BrCl3F/c14-6-8-2-1-7(5-12(8)18)9-3-10(15)13(17)11(16)4-9/h1-5H,6H2. The fourth-order valence-electron chi connectivity index (χ4n) is 1.56. The Bertz CT molecular complexity index is 576. The first-order chi connectivity index (χ1) is 8.52. The second-order valence-electron chi connectivity index (χ2n) is 3.69. The first kappa shape index (κ1) is 14.1. The molecule has 0 atom stereocenters. The molecule has 5 heteroatoms. The zero-order valence-electron chi connectivity index (χ0n) is 8.98. The third-order valence-corrected chi connectivity index (χ3v) is 4.32. The minimum atomic E-state index is -0.272. The molecule has 2 aromatic rings. The van der Waals surface area contributed by atoms with Crippen molar-refractivity contribution >= 4 is 50.7 Å². The number of halogens is 5. The molecule has 0 unspecified atom stereocenters. The summed E-state index contributed by atoms with van der Waals surface area (Å²) in [4.78, 5) is 0. The molecular formula is C13H7BrCl3F. The molecule has 0 N–H and O–H groups in total. The normalized spacial score (nSPS) is 10.7. The summed E-state index contributed by atoms with van der Waals surface area (Å²) in [5.74, 6) is -0.272. The molecule has 0 saturated carbocycles. The van der Waals surface area contributed by atoms with Crippen molar-refractivity contribution in [3.8, 4) is 11.1 Å². The highest BCUT2D eigenvalue weighted by molar-refractivity contribution is 9.08. The van der Waals surface area contributed by atoms with Crippen LogP contribution in [-0.2, 0) is 5.33 Å². The van der Waals surface area contributed by atoms with E-state index in [0.717, 1.165) is 5.56 Å². The van der Waals surface area contributed by atoms with Crippen molar-refractivity contribution in [2.45, 2.75) is 5.33 Å². The van der Waals surface area contributed by atoms with Crippen molar-refractivity contribution in [3.63, 3.8) is 0 Å². The Kier molecular flexibility index (Phi) is 4.54. The molecular weight excluding hydrogens is 361 g/mol. The van der Waals surface area contributed by atoms with Crippen LogP contribution in [0.1, 0.15) is 5.56 Å². The van der Waals surface area contributed by atoms with Gasteiger partial charge in [-0.2, -0.15) is 0 Å². The van der Waals surface area contributed by atoms with Gasteiger partial charge in [-0.3, -0.25) is 0 Å². The maximum absolute atomic E-state index is 13.7. The van der Waals surface area contributed by atoms with Crippen LogP contribution in [0, 0.1) is 5.82 Å². The maximum Gasteiger partial charge on any atom is 0.127 e. The minimum absolute atomic E-state index is 0.272. The molecule has 0 nitrogen and oxygen atoms in total. The number of hydrogen-bond donors (Lipinski definition) is 0. The van der Waals surface area contributed by atoms with E-state index < -0.39 is 0 Å². The molecule has 0 heterocycles. The average Bonchev–Trinajstić information content (AvgIpc) is 2.35. The summed E-state index contributed by atoms with van der Waals surface area (Å²) in [7, 11) is 0. The lowest BCUT2D eigenvalue weighted by Crippen LogP contribution is -1.88. The summed E-state index contributed by atoms with van der Waals surface area (Å²) in [6, 6.07) is 8.31. The van der Waals surface area contributed by atoms with E-state index >= 15 is 0 Å². The van der Waals surface area contributed by atoms with E-state index in [1.165, 1.54) is 6.07 Å². The highest BCUT2D eigenvalue weighted by Gasteiger charge is 2.09. The van der Waals surface area contributed by atoms with E-state index in [4.69, 9.17) is 34.8 Å². The van der Waals surface area contributed by atoms with Crippen molar-refractivity contribution in [1.82, 2.24) is 0 Å². The Morgan fingerprint density at radius 3 is 2.06 bits per heavy atom. The van der Waals surface area contributed by atoms with Gasteiger partial charge in [0, 0.05) is 5.33 Å². The summed E-state index contributed by atoms with van der Waals surface area (Å²) in [5, 5.41) is 1.48. The van der Waals surface area contributed by atoms with Gasteiger partial charge in [-0.1, -0.05) is 62.9 Å². The Labute approximate surface area is 128 Å². The molecule has 0 aromatic heterocycles. The van der Waals surface area contributed by atoms with E-state index in [2.05, 4.69) is 15.9 Å². The highest BCUT2D eigenvalue weighted by atomic mass is 79.9. The molecule has 0 aliphatic carbocycles. The quantitative estimate of drug-likeness (QED) is 0.428.